The first kappa shape index (κ1) is 21.1. The van der Waals surface area contributed by atoms with Crippen LogP contribution in [0.5, 0.6) is 11.5 Å². The fourth-order valence-electron chi connectivity index (χ4n) is 2.58. The molecule has 0 spiro atoms. The molecular formula is C19H15F5N4O2. The number of rotatable bonds is 6. The zero-order valence-electron chi connectivity index (χ0n) is 15.7. The van der Waals surface area contributed by atoms with Crippen LogP contribution in [0.15, 0.2) is 29.5 Å². The lowest BCUT2D eigenvalue weighted by atomic mass is 10.1. The molecule has 11 heteroatoms. The minimum atomic E-state index is -2.26. The van der Waals surface area contributed by atoms with Gasteiger partial charge in [-0.2, -0.15) is 13.9 Å². The molecule has 0 saturated carbocycles. The Labute approximate surface area is 167 Å². The number of nitrogens with two attached hydrogens (primary N) is 1. The van der Waals surface area contributed by atoms with Gasteiger partial charge in [0.05, 0.1) is 25.2 Å². The average molecular weight is 426 g/mol. The molecule has 0 saturated heterocycles. The fourth-order valence-corrected chi connectivity index (χ4v) is 2.58. The van der Waals surface area contributed by atoms with Crippen LogP contribution in [0.3, 0.4) is 0 Å². The maximum absolute atomic E-state index is 13.8. The standard InChI is InChI=1S/C19H15F5N4O2/c1-9-7-28(19(25)27-9)26-6-10-3-4-12(29-2)11(5-10)8-30-18-16(23)14(21)13(20)15(22)17(18)24/h3-7H,8H2,1-2H3,(H2,25,27). The molecule has 0 aliphatic carbocycles. The van der Waals surface area contributed by atoms with E-state index in [1.165, 1.54) is 30.1 Å². The summed E-state index contributed by atoms with van der Waals surface area (Å²) in [6.07, 6.45) is 3.03. The first-order valence-electron chi connectivity index (χ1n) is 8.39. The van der Waals surface area contributed by atoms with Gasteiger partial charge in [-0.05, 0) is 30.7 Å². The van der Waals surface area contributed by atoms with Gasteiger partial charge in [0.15, 0.2) is 5.75 Å². The van der Waals surface area contributed by atoms with Crippen molar-refractivity contribution >= 4 is 12.2 Å². The molecule has 0 aliphatic rings. The fraction of sp³-hybridized carbons (Fsp3) is 0.158. The van der Waals surface area contributed by atoms with Crippen molar-refractivity contribution in [2.24, 2.45) is 5.10 Å². The van der Waals surface area contributed by atoms with Crippen molar-refractivity contribution in [2.45, 2.75) is 13.5 Å². The molecule has 0 amide bonds. The zero-order valence-corrected chi connectivity index (χ0v) is 15.7. The number of hydrogen-bond acceptors (Lipinski definition) is 5. The minimum absolute atomic E-state index is 0.173. The smallest absolute Gasteiger partial charge is 0.221 e. The number of nitrogen functional groups attached to an aromatic ring is 1. The van der Waals surface area contributed by atoms with Gasteiger partial charge in [-0.3, -0.25) is 0 Å². The zero-order chi connectivity index (χ0) is 22.0. The third-order valence-electron chi connectivity index (χ3n) is 4.01. The SMILES string of the molecule is COc1ccc(C=Nn2cc(C)nc2N)cc1COc1c(F)c(F)c(F)c(F)c1F. The number of hydrogen-bond donors (Lipinski definition) is 1. The Bertz CT molecular complexity index is 1100. The van der Waals surface area contributed by atoms with Gasteiger partial charge in [-0.15, -0.1) is 0 Å². The summed E-state index contributed by atoms with van der Waals surface area (Å²) in [5, 5.41) is 4.13. The van der Waals surface area contributed by atoms with Crippen molar-refractivity contribution in [1.82, 2.24) is 9.66 Å². The van der Waals surface area contributed by atoms with Gasteiger partial charge in [0, 0.05) is 5.56 Å². The number of aryl methyl sites for hydroxylation is 1. The quantitative estimate of drug-likeness (QED) is 0.281. The summed E-state index contributed by atoms with van der Waals surface area (Å²) in [4.78, 5) is 4.00. The number of aromatic nitrogens is 2. The van der Waals surface area contributed by atoms with Crippen LogP contribution in [0.25, 0.3) is 0 Å². The second kappa shape index (κ2) is 8.39. The molecule has 2 N–H and O–H groups in total. The maximum atomic E-state index is 13.8. The van der Waals surface area contributed by atoms with Crippen molar-refractivity contribution in [3.63, 3.8) is 0 Å². The van der Waals surface area contributed by atoms with Crippen LogP contribution < -0.4 is 15.2 Å². The highest BCUT2D eigenvalue weighted by atomic mass is 19.2. The van der Waals surface area contributed by atoms with Crippen molar-refractivity contribution in [2.75, 3.05) is 12.8 Å². The van der Waals surface area contributed by atoms with E-state index < -0.39 is 41.4 Å². The molecule has 1 aromatic heterocycles. The van der Waals surface area contributed by atoms with E-state index in [0.29, 0.717) is 11.3 Å². The predicted octanol–water partition coefficient (Wildman–Crippen LogP) is 3.94. The summed E-state index contributed by atoms with van der Waals surface area (Å²) in [6, 6.07) is 4.67. The van der Waals surface area contributed by atoms with Crippen molar-refractivity contribution < 1.29 is 31.4 Å². The van der Waals surface area contributed by atoms with Crippen LogP contribution in [0, 0.1) is 36.0 Å². The highest BCUT2D eigenvalue weighted by Crippen LogP contribution is 2.30. The summed E-state index contributed by atoms with van der Waals surface area (Å²) in [6.45, 7) is 1.21. The Morgan fingerprint density at radius 2 is 1.70 bits per heavy atom. The molecule has 6 nitrogen and oxygen atoms in total. The number of benzene rings is 2. The van der Waals surface area contributed by atoms with Crippen molar-refractivity contribution in [1.29, 1.82) is 0 Å². The summed E-state index contributed by atoms with van der Waals surface area (Å²) in [5.41, 5.74) is 7.16. The van der Waals surface area contributed by atoms with E-state index in [9.17, 15) is 22.0 Å². The lowest BCUT2D eigenvalue weighted by Crippen LogP contribution is -2.08. The van der Waals surface area contributed by atoms with E-state index in [1.807, 2.05) is 0 Å². The molecule has 0 bridgehead atoms. The van der Waals surface area contributed by atoms with Crippen LogP contribution >= 0.6 is 0 Å². The van der Waals surface area contributed by atoms with Gasteiger partial charge in [-0.25, -0.2) is 22.8 Å². The van der Waals surface area contributed by atoms with Crippen LogP contribution in [0.2, 0.25) is 0 Å². The molecule has 158 valence electrons. The Hall–Kier alpha value is -3.63. The lowest BCUT2D eigenvalue weighted by molar-refractivity contribution is 0.249. The molecule has 2 aromatic carbocycles. The first-order valence-corrected chi connectivity index (χ1v) is 8.39. The van der Waals surface area contributed by atoms with E-state index in [2.05, 4.69) is 10.1 Å². The summed E-state index contributed by atoms with van der Waals surface area (Å²) in [7, 11) is 1.35. The monoisotopic (exact) mass is 426 g/mol. The van der Waals surface area contributed by atoms with Gasteiger partial charge >= 0.3 is 0 Å². The maximum Gasteiger partial charge on any atom is 0.221 e. The number of anilines is 1. The molecule has 0 fully saturated rings. The number of imidazole rings is 1. The number of nitrogens with zero attached hydrogens (tertiary/aromatic N) is 3. The Morgan fingerprint density at radius 1 is 1.07 bits per heavy atom. The topological polar surface area (TPSA) is 74.7 Å². The van der Waals surface area contributed by atoms with Crippen molar-refractivity contribution in [3.05, 3.63) is 70.3 Å². The molecule has 0 aliphatic heterocycles. The third kappa shape index (κ3) is 4.04. The molecule has 0 atom stereocenters. The van der Waals surface area contributed by atoms with Gasteiger partial charge in [0.1, 0.15) is 12.4 Å². The van der Waals surface area contributed by atoms with Crippen LogP contribution in [-0.2, 0) is 6.61 Å². The molecule has 1 heterocycles. The molecule has 30 heavy (non-hydrogen) atoms. The summed E-state index contributed by atoms with van der Waals surface area (Å²) in [5.74, 6) is -11.5. The minimum Gasteiger partial charge on any atom is -0.496 e. The highest BCUT2D eigenvalue weighted by molar-refractivity contribution is 5.80. The summed E-state index contributed by atoms with van der Waals surface area (Å²) >= 11 is 0. The Morgan fingerprint density at radius 3 is 2.27 bits per heavy atom. The van der Waals surface area contributed by atoms with Crippen LogP contribution in [-0.4, -0.2) is 23.0 Å². The largest absolute Gasteiger partial charge is 0.496 e. The van der Waals surface area contributed by atoms with E-state index in [4.69, 9.17) is 15.2 Å². The predicted molar refractivity (Wildman–Crippen MR) is 97.9 cm³/mol. The van der Waals surface area contributed by atoms with E-state index in [1.54, 1.807) is 19.2 Å². The van der Waals surface area contributed by atoms with E-state index in [-0.39, 0.29) is 17.3 Å². The third-order valence-corrected chi connectivity index (χ3v) is 4.01. The first-order chi connectivity index (χ1) is 14.2. The van der Waals surface area contributed by atoms with Crippen molar-refractivity contribution in [3.8, 4) is 11.5 Å². The molecule has 0 radical (unpaired) electrons. The molecular weight excluding hydrogens is 411 g/mol. The number of halogens is 5. The normalized spacial score (nSPS) is 11.3. The van der Waals surface area contributed by atoms with E-state index >= 15 is 0 Å². The van der Waals surface area contributed by atoms with Gasteiger partial charge in [0.25, 0.3) is 0 Å². The highest BCUT2D eigenvalue weighted by Gasteiger charge is 2.27. The van der Waals surface area contributed by atoms with E-state index in [0.717, 1.165) is 0 Å². The van der Waals surface area contributed by atoms with Gasteiger partial charge < -0.3 is 15.2 Å². The average Bonchev–Trinajstić information content (AvgIpc) is 3.06. The lowest BCUT2D eigenvalue weighted by Gasteiger charge is -2.13. The Balaban J connectivity index is 1.88. The molecule has 3 rings (SSSR count). The van der Waals surface area contributed by atoms with Gasteiger partial charge in [0.2, 0.25) is 35.0 Å². The van der Waals surface area contributed by atoms with Crippen LogP contribution in [0.4, 0.5) is 27.9 Å². The summed E-state index contributed by atoms with van der Waals surface area (Å²) < 4.78 is 78.8. The molecule has 0 unspecified atom stereocenters. The molecule has 3 aromatic rings. The van der Waals surface area contributed by atoms with Crippen LogP contribution in [0.1, 0.15) is 16.8 Å². The number of ether oxygens (including phenoxy) is 2. The Kier molecular flexibility index (Phi) is 5.90. The second-order valence-corrected chi connectivity index (χ2v) is 6.09. The second-order valence-electron chi connectivity index (χ2n) is 6.09. The number of methoxy groups -OCH3 is 1. The van der Waals surface area contributed by atoms with Gasteiger partial charge in [-0.1, -0.05) is 0 Å².